The molecule has 0 spiro atoms. The maximum Gasteiger partial charge on any atom is 0.234 e. The Morgan fingerprint density at radius 2 is 2.28 bits per heavy atom. The Kier molecular flexibility index (Phi) is 4.38. The van der Waals surface area contributed by atoms with Crippen molar-refractivity contribution in [3.63, 3.8) is 0 Å². The zero-order valence-electron chi connectivity index (χ0n) is 11.8. The fourth-order valence-corrected chi connectivity index (χ4v) is 2.59. The van der Waals surface area contributed by atoms with Gasteiger partial charge >= 0.3 is 0 Å². The third-order valence-electron chi connectivity index (χ3n) is 4.02. The van der Waals surface area contributed by atoms with E-state index in [-0.39, 0.29) is 5.41 Å². The molecule has 2 rings (SSSR count). The molecule has 0 bridgehead atoms. The first kappa shape index (κ1) is 13.5. The van der Waals surface area contributed by atoms with Gasteiger partial charge in [0.25, 0.3) is 0 Å². The van der Waals surface area contributed by atoms with Crippen LogP contribution in [0.3, 0.4) is 0 Å². The minimum atomic E-state index is 0.0708. The van der Waals surface area contributed by atoms with Crippen LogP contribution in [0.15, 0.2) is 4.52 Å². The number of hydrogen-bond acceptors (Lipinski definition) is 4. The minimum Gasteiger partial charge on any atom is -0.339 e. The summed E-state index contributed by atoms with van der Waals surface area (Å²) in [7, 11) is 0. The van der Waals surface area contributed by atoms with Crippen LogP contribution in [0.1, 0.15) is 58.2 Å². The monoisotopic (exact) mass is 251 g/mol. The lowest BCUT2D eigenvalue weighted by Gasteiger charge is -2.33. The van der Waals surface area contributed by atoms with Crippen molar-refractivity contribution in [1.29, 1.82) is 0 Å². The number of nitrogens with zero attached hydrogens (tertiary/aromatic N) is 2. The zero-order valence-corrected chi connectivity index (χ0v) is 11.8. The van der Waals surface area contributed by atoms with Gasteiger partial charge in [0.1, 0.15) is 0 Å². The van der Waals surface area contributed by atoms with E-state index in [1.807, 2.05) is 0 Å². The average molecular weight is 251 g/mol. The lowest BCUT2D eigenvalue weighted by atomic mass is 9.78. The standard InChI is InChI=1S/C14H25N3O/c1-4-14(8-5-9-15-10-14)13-16-12(17-18-13)7-6-11(2)3/h11,15H,4-10H2,1-3H3. The summed E-state index contributed by atoms with van der Waals surface area (Å²) in [5, 5.41) is 7.60. The van der Waals surface area contributed by atoms with Gasteiger partial charge in [-0.1, -0.05) is 25.9 Å². The summed E-state index contributed by atoms with van der Waals surface area (Å²) in [4.78, 5) is 4.63. The van der Waals surface area contributed by atoms with E-state index in [0.717, 1.165) is 50.5 Å². The summed E-state index contributed by atoms with van der Waals surface area (Å²) in [5.41, 5.74) is 0.0708. The van der Waals surface area contributed by atoms with Crippen LogP contribution in [0.5, 0.6) is 0 Å². The summed E-state index contributed by atoms with van der Waals surface area (Å²) in [6.07, 6.45) is 5.45. The summed E-state index contributed by atoms with van der Waals surface area (Å²) in [5.74, 6) is 2.40. The first-order chi connectivity index (χ1) is 8.66. The van der Waals surface area contributed by atoms with Crippen molar-refractivity contribution >= 4 is 0 Å². The maximum atomic E-state index is 5.53. The molecule has 0 amide bonds. The topological polar surface area (TPSA) is 51.0 Å². The van der Waals surface area contributed by atoms with Crippen molar-refractivity contribution in [2.75, 3.05) is 13.1 Å². The highest BCUT2D eigenvalue weighted by Crippen LogP contribution is 2.33. The van der Waals surface area contributed by atoms with E-state index < -0.39 is 0 Å². The van der Waals surface area contributed by atoms with Gasteiger partial charge in [-0.15, -0.1) is 0 Å². The van der Waals surface area contributed by atoms with Crippen molar-refractivity contribution in [2.45, 2.75) is 58.3 Å². The van der Waals surface area contributed by atoms with Crippen molar-refractivity contribution in [3.05, 3.63) is 11.7 Å². The summed E-state index contributed by atoms with van der Waals surface area (Å²) in [6.45, 7) is 8.73. The molecule has 1 aliphatic rings. The van der Waals surface area contributed by atoms with Crippen LogP contribution in [-0.4, -0.2) is 23.2 Å². The molecule has 0 aromatic carbocycles. The van der Waals surface area contributed by atoms with E-state index in [9.17, 15) is 0 Å². The zero-order chi connectivity index (χ0) is 13.0. The molecule has 1 fully saturated rings. The number of hydrogen-bond donors (Lipinski definition) is 1. The Labute approximate surface area is 110 Å². The van der Waals surface area contributed by atoms with Crippen LogP contribution in [0, 0.1) is 5.92 Å². The van der Waals surface area contributed by atoms with E-state index >= 15 is 0 Å². The normalized spacial score (nSPS) is 24.7. The molecule has 4 nitrogen and oxygen atoms in total. The van der Waals surface area contributed by atoms with Crippen molar-refractivity contribution in [2.24, 2.45) is 5.92 Å². The number of aryl methyl sites for hydroxylation is 1. The molecule has 1 saturated heterocycles. The smallest absolute Gasteiger partial charge is 0.234 e. The van der Waals surface area contributed by atoms with Gasteiger partial charge in [-0.2, -0.15) is 4.98 Å². The highest BCUT2D eigenvalue weighted by molar-refractivity contribution is 5.08. The van der Waals surface area contributed by atoms with Crippen molar-refractivity contribution < 1.29 is 4.52 Å². The molecule has 18 heavy (non-hydrogen) atoms. The SMILES string of the molecule is CCC1(c2nc(CCC(C)C)no2)CCCNC1. The van der Waals surface area contributed by atoms with Gasteiger partial charge in [0.05, 0.1) is 5.41 Å². The molecule has 1 unspecified atom stereocenters. The van der Waals surface area contributed by atoms with E-state index in [1.54, 1.807) is 0 Å². The fourth-order valence-electron chi connectivity index (χ4n) is 2.59. The highest BCUT2D eigenvalue weighted by atomic mass is 16.5. The molecule has 1 N–H and O–H groups in total. The lowest BCUT2D eigenvalue weighted by molar-refractivity contribution is 0.220. The van der Waals surface area contributed by atoms with Gasteiger partial charge in [0, 0.05) is 13.0 Å². The Morgan fingerprint density at radius 1 is 1.44 bits per heavy atom. The second-order valence-electron chi connectivity index (χ2n) is 5.86. The number of rotatable bonds is 5. The maximum absolute atomic E-state index is 5.53. The molecular formula is C14H25N3O. The van der Waals surface area contributed by atoms with Gasteiger partial charge in [0.15, 0.2) is 5.82 Å². The van der Waals surface area contributed by atoms with Crippen LogP contribution in [-0.2, 0) is 11.8 Å². The molecule has 1 atom stereocenters. The molecule has 1 aromatic rings. The summed E-state index contributed by atoms with van der Waals surface area (Å²) in [6, 6.07) is 0. The molecule has 2 heterocycles. The van der Waals surface area contributed by atoms with Crippen LogP contribution >= 0.6 is 0 Å². The molecule has 4 heteroatoms. The quantitative estimate of drug-likeness (QED) is 0.874. The molecule has 102 valence electrons. The average Bonchev–Trinajstić information content (AvgIpc) is 2.86. The first-order valence-electron chi connectivity index (χ1n) is 7.20. The predicted molar refractivity (Wildman–Crippen MR) is 71.5 cm³/mol. The lowest BCUT2D eigenvalue weighted by Crippen LogP contribution is -2.43. The van der Waals surface area contributed by atoms with Crippen LogP contribution < -0.4 is 5.32 Å². The number of aromatic nitrogens is 2. The van der Waals surface area contributed by atoms with Crippen molar-refractivity contribution in [1.82, 2.24) is 15.5 Å². The van der Waals surface area contributed by atoms with E-state index in [4.69, 9.17) is 4.52 Å². The van der Waals surface area contributed by atoms with Gasteiger partial charge in [-0.05, 0) is 38.1 Å². The van der Waals surface area contributed by atoms with Gasteiger partial charge in [0.2, 0.25) is 5.89 Å². The number of piperidine rings is 1. The largest absolute Gasteiger partial charge is 0.339 e. The molecule has 1 aromatic heterocycles. The molecule has 1 aliphatic heterocycles. The van der Waals surface area contributed by atoms with Crippen LogP contribution in [0.2, 0.25) is 0 Å². The minimum absolute atomic E-state index is 0.0708. The summed E-state index contributed by atoms with van der Waals surface area (Å²) >= 11 is 0. The fraction of sp³-hybridized carbons (Fsp3) is 0.857. The van der Waals surface area contributed by atoms with Crippen molar-refractivity contribution in [3.8, 4) is 0 Å². The van der Waals surface area contributed by atoms with E-state index in [2.05, 4.69) is 36.2 Å². The highest BCUT2D eigenvalue weighted by Gasteiger charge is 2.37. The Hall–Kier alpha value is -0.900. The summed E-state index contributed by atoms with van der Waals surface area (Å²) < 4.78 is 5.53. The third kappa shape index (κ3) is 2.91. The van der Waals surface area contributed by atoms with Gasteiger partial charge in [-0.3, -0.25) is 0 Å². The van der Waals surface area contributed by atoms with Crippen LogP contribution in [0.4, 0.5) is 0 Å². The van der Waals surface area contributed by atoms with E-state index in [0.29, 0.717) is 5.92 Å². The predicted octanol–water partition coefficient (Wildman–Crippen LogP) is 2.69. The van der Waals surface area contributed by atoms with E-state index in [1.165, 1.54) is 6.42 Å². The molecular weight excluding hydrogens is 226 g/mol. The van der Waals surface area contributed by atoms with Gasteiger partial charge in [-0.25, -0.2) is 0 Å². The second kappa shape index (κ2) is 5.83. The van der Waals surface area contributed by atoms with Gasteiger partial charge < -0.3 is 9.84 Å². The van der Waals surface area contributed by atoms with Crippen LogP contribution in [0.25, 0.3) is 0 Å². The first-order valence-corrected chi connectivity index (χ1v) is 7.20. The Morgan fingerprint density at radius 3 is 2.89 bits per heavy atom. The molecule has 0 radical (unpaired) electrons. The number of nitrogens with one attached hydrogen (secondary N) is 1. The second-order valence-corrected chi connectivity index (χ2v) is 5.86. The Balaban J connectivity index is 2.07. The molecule has 0 aliphatic carbocycles. The molecule has 0 saturated carbocycles. The Bertz CT molecular complexity index is 367. The third-order valence-corrected chi connectivity index (χ3v) is 4.02.